The zero-order chi connectivity index (χ0) is 27.0. The molecule has 1 aliphatic carbocycles. The molecule has 37 heavy (non-hydrogen) atoms. The largest absolute Gasteiger partial charge is 0.462 e. The maximum Gasteiger partial charge on any atom is 0.416 e. The van der Waals surface area contributed by atoms with Crippen LogP contribution in [0.4, 0.5) is 24.5 Å². The Morgan fingerprint density at radius 3 is 2.35 bits per heavy atom. The standard InChI is InChI=1S/C28H32F3N3O2S/c1-5-36-23(35)18-9-11-22(12-10-18)34-25(37)33-24(27(34)15-13-19(14-16-27)26(2,3)4)32-21-8-6-7-20(17-21)28(29,30)31/h6-12,17,19H,5,13-16H2,1-4H3,(H,32,33,37). The molecule has 1 fully saturated rings. The Kier molecular flexibility index (Phi) is 7.38. The summed E-state index contributed by atoms with van der Waals surface area (Å²) in [7, 11) is 0. The molecule has 2 aliphatic rings. The van der Waals surface area contributed by atoms with Crippen molar-refractivity contribution in [2.45, 2.75) is 65.1 Å². The number of rotatable bonds is 4. The van der Waals surface area contributed by atoms with Gasteiger partial charge in [0.05, 0.1) is 17.7 Å². The number of aliphatic imine (C=N–C) groups is 1. The van der Waals surface area contributed by atoms with Crippen molar-refractivity contribution in [3.8, 4) is 0 Å². The van der Waals surface area contributed by atoms with Gasteiger partial charge in [-0.25, -0.2) is 9.79 Å². The molecule has 1 N–H and O–H groups in total. The fraction of sp³-hybridized carbons (Fsp3) is 0.464. The summed E-state index contributed by atoms with van der Waals surface area (Å²) in [6.45, 7) is 8.74. The van der Waals surface area contributed by atoms with E-state index in [1.807, 2.05) is 17.0 Å². The summed E-state index contributed by atoms with van der Waals surface area (Å²) in [5, 5.41) is 3.53. The van der Waals surface area contributed by atoms with E-state index in [4.69, 9.17) is 17.0 Å². The van der Waals surface area contributed by atoms with Crippen molar-refractivity contribution in [3.05, 3.63) is 59.7 Å². The molecule has 1 spiro atoms. The highest BCUT2D eigenvalue weighted by atomic mass is 32.1. The number of nitrogens with zero attached hydrogens (tertiary/aromatic N) is 2. The van der Waals surface area contributed by atoms with Gasteiger partial charge in [-0.3, -0.25) is 0 Å². The second kappa shape index (κ2) is 10.1. The lowest BCUT2D eigenvalue weighted by Gasteiger charge is -2.47. The number of esters is 1. The highest BCUT2D eigenvalue weighted by molar-refractivity contribution is 7.80. The lowest BCUT2D eigenvalue weighted by Crippen LogP contribution is -2.56. The lowest BCUT2D eigenvalue weighted by atomic mass is 9.66. The van der Waals surface area contributed by atoms with Crippen LogP contribution in [0.5, 0.6) is 0 Å². The van der Waals surface area contributed by atoms with Crippen molar-refractivity contribution >= 4 is 40.5 Å². The number of carbonyl (C=O) groups is 1. The minimum atomic E-state index is -4.44. The molecule has 0 amide bonds. The number of hydrogen-bond donors (Lipinski definition) is 1. The predicted molar refractivity (Wildman–Crippen MR) is 144 cm³/mol. The molecule has 1 aliphatic heterocycles. The average molecular weight is 532 g/mol. The molecule has 0 aromatic heterocycles. The molecule has 1 heterocycles. The summed E-state index contributed by atoms with van der Waals surface area (Å²) in [6, 6.07) is 12.2. The van der Waals surface area contributed by atoms with Crippen LogP contribution < -0.4 is 10.2 Å². The van der Waals surface area contributed by atoms with Crippen molar-refractivity contribution in [1.29, 1.82) is 0 Å². The van der Waals surface area contributed by atoms with E-state index < -0.39 is 23.2 Å². The summed E-state index contributed by atoms with van der Waals surface area (Å²) in [4.78, 5) is 18.8. The van der Waals surface area contributed by atoms with Gasteiger partial charge in [-0.1, -0.05) is 26.8 Å². The minimum absolute atomic E-state index is 0.138. The third-order valence-electron chi connectivity index (χ3n) is 7.39. The number of carbonyl (C=O) groups excluding carboxylic acids is 1. The summed E-state index contributed by atoms with van der Waals surface area (Å²) in [5.74, 6) is 0.649. The molecule has 9 heteroatoms. The molecule has 198 valence electrons. The number of hydrogen-bond acceptors (Lipinski definition) is 4. The van der Waals surface area contributed by atoms with Crippen LogP contribution in [-0.4, -0.2) is 29.1 Å². The van der Waals surface area contributed by atoms with E-state index in [0.29, 0.717) is 28.1 Å². The summed E-state index contributed by atoms with van der Waals surface area (Å²) in [5.41, 5.74) is 0.307. The van der Waals surface area contributed by atoms with Gasteiger partial charge in [0, 0.05) is 11.4 Å². The van der Waals surface area contributed by atoms with Gasteiger partial charge in [0.2, 0.25) is 5.11 Å². The number of ether oxygens (including phenoxy) is 1. The van der Waals surface area contributed by atoms with E-state index in [1.165, 1.54) is 6.07 Å². The van der Waals surface area contributed by atoms with Crippen LogP contribution in [0.25, 0.3) is 0 Å². The normalized spacial score (nSPS) is 22.2. The number of amidine groups is 1. The second-order valence-corrected chi connectivity index (χ2v) is 11.1. The zero-order valence-corrected chi connectivity index (χ0v) is 22.3. The first kappa shape index (κ1) is 27.1. The molecule has 0 unspecified atom stereocenters. The Labute approximate surface area is 221 Å². The van der Waals surface area contributed by atoms with E-state index in [2.05, 4.69) is 31.1 Å². The van der Waals surface area contributed by atoms with Gasteiger partial charge >= 0.3 is 12.1 Å². The number of thiocarbonyl (C=S) groups is 1. The van der Waals surface area contributed by atoms with E-state index >= 15 is 0 Å². The summed E-state index contributed by atoms with van der Waals surface area (Å²) in [6.07, 6.45) is -1.13. The fourth-order valence-corrected chi connectivity index (χ4v) is 5.70. The highest BCUT2D eigenvalue weighted by Crippen LogP contribution is 2.48. The lowest BCUT2D eigenvalue weighted by molar-refractivity contribution is -0.137. The van der Waals surface area contributed by atoms with E-state index in [0.717, 1.165) is 43.5 Å². The van der Waals surface area contributed by atoms with Crippen LogP contribution in [0, 0.1) is 11.3 Å². The highest BCUT2D eigenvalue weighted by Gasteiger charge is 2.51. The maximum absolute atomic E-state index is 13.3. The Morgan fingerprint density at radius 2 is 1.78 bits per heavy atom. The minimum Gasteiger partial charge on any atom is -0.462 e. The summed E-state index contributed by atoms with van der Waals surface area (Å²) >= 11 is 5.71. The van der Waals surface area contributed by atoms with Gasteiger partial charge in [0.15, 0.2) is 0 Å². The maximum atomic E-state index is 13.3. The monoisotopic (exact) mass is 531 g/mol. The molecule has 0 saturated heterocycles. The van der Waals surface area contributed by atoms with Crippen LogP contribution >= 0.6 is 12.2 Å². The van der Waals surface area contributed by atoms with Crippen molar-refractivity contribution < 1.29 is 22.7 Å². The molecule has 5 nitrogen and oxygen atoms in total. The number of halogens is 3. The van der Waals surface area contributed by atoms with Crippen LogP contribution in [0.2, 0.25) is 0 Å². The van der Waals surface area contributed by atoms with E-state index in [-0.39, 0.29) is 12.0 Å². The molecule has 4 rings (SSSR count). The Balaban J connectivity index is 1.69. The molecule has 0 atom stereocenters. The van der Waals surface area contributed by atoms with Gasteiger partial charge in [-0.05, 0) is 98.6 Å². The smallest absolute Gasteiger partial charge is 0.416 e. The third-order valence-corrected chi connectivity index (χ3v) is 7.67. The van der Waals surface area contributed by atoms with Crippen molar-refractivity contribution in [2.24, 2.45) is 16.3 Å². The van der Waals surface area contributed by atoms with Crippen molar-refractivity contribution in [1.82, 2.24) is 0 Å². The molecule has 0 bridgehead atoms. The van der Waals surface area contributed by atoms with Crippen molar-refractivity contribution in [2.75, 3.05) is 16.8 Å². The predicted octanol–water partition coefficient (Wildman–Crippen LogP) is 7.47. The Hall–Kier alpha value is -2.94. The molecular weight excluding hydrogens is 499 g/mol. The van der Waals surface area contributed by atoms with Gasteiger partial charge in [-0.2, -0.15) is 13.2 Å². The number of nitrogens with one attached hydrogen (secondary N) is 1. The van der Waals surface area contributed by atoms with Crippen LogP contribution in [0.15, 0.2) is 53.5 Å². The topological polar surface area (TPSA) is 53.9 Å². The molecule has 2 aromatic rings. The quantitative estimate of drug-likeness (QED) is 0.328. The molecule has 2 aromatic carbocycles. The first-order valence-corrected chi connectivity index (χ1v) is 12.9. The van der Waals surface area contributed by atoms with Crippen LogP contribution in [-0.2, 0) is 10.9 Å². The molecule has 1 saturated carbocycles. The molecule has 0 radical (unpaired) electrons. The Bertz CT molecular complexity index is 1190. The second-order valence-electron chi connectivity index (χ2n) is 10.7. The van der Waals surface area contributed by atoms with E-state index in [9.17, 15) is 18.0 Å². The van der Waals surface area contributed by atoms with Gasteiger partial charge in [-0.15, -0.1) is 0 Å². The van der Waals surface area contributed by atoms with E-state index in [1.54, 1.807) is 25.1 Å². The first-order valence-electron chi connectivity index (χ1n) is 12.5. The number of alkyl halides is 3. The Morgan fingerprint density at radius 1 is 1.14 bits per heavy atom. The zero-order valence-electron chi connectivity index (χ0n) is 21.5. The van der Waals surface area contributed by atoms with Crippen molar-refractivity contribution in [3.63, 3.8) is 0 Å². The molecular formula is C28H32F3N3O2S. The van der Waals surface area contributed by atoms with Crippen LogP contribution in [0.1, 0.15) is 69.3 Å². The summed E-state index contributed by atoms with van der Waals surface area (Å²) < 4.78 is 45.1. The van der Waals surface area contributed by atoms with Gasteiger partial charge in [0.25, 0.3) is 0 Å². The number of benzene rings is 2. The third kappa shape index (κ3) is 5.51. The fourth-order valence-electron chi connectivity index (χ4n) is 5.33. The van der Waals surface area contributed by atoms with Gasteiger partial charge < -0.3 is 15.0 Å². The average Bonchev–Trinajstić information content (AvgIpc) is 3.08. The SMILES string of the molecule is CCOC(=O)c1ccc(N2C(=S)N=C(Nc3cccc(C(F)(F)F)c3)C23CCC(C(C)(C)C)CC3)cc1. The first-order chi connectivity index (χ1) is 17.3. The van der Waals surface area contributed by atoms with Crippen LogP contribution in [0.3, 0.4) is 0 Å². The van der Waals surface area contributed by atoms with Gasteiger partial charge in [0.1, 0.15) is 11.4 Å². The number of anilines is 2.